The predicted molar refractivity (Wildman–Crippen MR) is 163 cm³/mol. The number of fused-ring (bicyclic) bond motifs is 1. The third-order valence-corrected chi connectivity index (χ3v) is 7.47. The van der Waals surface area contributed by atoms with Crippen LogP contribution in [0.5, 0.6) is 17.2 Å². The normalized spacial score (nSPS) is 13.0. The van der Waals surface area contributed by atoms with E-state index < -0.39 is 10.3 Å². The van der Waals surface area contributed by atoms with E-state index in [-0.39, 0.29) is 33.7 Å². The van der Waals surface area contributed by atoms with Gasteiger partial charge < -0.3 is 31.4 Å². The highest BCUT2D eigenvalue weighted by Crippen LogP contribution is 2.41. The van der Waals surface area contributed by atoms with E-state index >= 15 is 0 Å². The minimum absolute atomic E-state index is 0. The molecule has 0 unspecified atom stereocenters. The van der Waals surface area contributed by atoms with Crippen LogP contribution in [0.15, 0.2) is 66.7 Å². The number of hydrogen-bond donors (Lipinski definition) is 4. The van der Waals surface area contributed by atoms with Crippen LogP contribution in [0.4, 0.5) is 0 Å². The van der Waals surface area contributed by atoms with Gasteiger partial charge in [0, 0.05) is 32.6 Å². The second-order valence-electron chi connectivity index (χ2n) is 9.15. The van der Waals surface area contributed by atoms with Crippen molar-refractivity contribution < 1.29 is 49.1 Å². The SMILES string of the molecule is NS(=O)(=O)O.O.O.O.O=C(c1ccc(OCCN2CCCCC2)cc1)c1c(-c2ccc(O)cc2)sc2cc(O)ccc12. The predicted octanol–water partition coefficient (Wildman–Crippen LogP) is 2.35. The summed E-state index contributed by atoms with van der Waals surface area (Å²) in [5.74, 6) is 1.01. The van der Waals surface area contributed by atoms with Gasteiger partial charge in [0.15, 0.2) is 5.78 Å². The number of piperidine rings is 1. The quantitative estimate of drug-likeness (QED) is 0.175. The Hall–Kier alpha value is -3.60. The zero-order valence-electron chi connectivity index (χ0n) is 22.6. The van der Waals surface area contributed by atoms with Crippen LogP contribution in [0.25, 0.3) is 20.5 Å². The molecule has 0 radical (unpaired) electrons. The monoisotopic (exact) mass is 624 g/mol. The number of benzene rings is 3. The van der Waals surface area contributed by atoms with Gasteiger partial charge in [-0.05, 0) is 98.2 Å². The maximum atomic E-state index is 13.6. The van der Waals surface area contributed by atoms with Gasteiger partial charge in [-0.1, -0.05) is 6.42 Å². The number of carbonyl (C=O) groups is 1. The number of likely N-dealkylation sites (tertiary alicyclic amines) is 1. The van der Waals surface area contributed by atoms with Crippen molar-refractivity contribution in [1.82, 2.24) is 4.90 Å². The first kappa shape index (κ1) is 36.4. The summed E-state index contributed by atoms with van der Waals surface area (Å²) in [7, 11) is -4.17. The molecule has 5 rings (SSSR count). The number of hydrogen-bond acceptors (Lipinski definition) is 8. The molecule has 1 saturated heterocycles. The number of phenols is 2. The highest BCUT2D eigenvalue weighted by atomic mass is 32.2. The summed E-state index contributed by atoms with van der Waals surface area (Å²) in [4.78, 5) is 16.9. The average Bonchev–Trinajstić information content (AvgIpc) is 3.27. The number of aromatic hydroxyl groups is 2. The Labute approximate surface area is 247 Å². The molecular formula is C28H36N2O10S2. The first-order valence-corrected chi connectivity index (χ1v) is 14.7. The Morgan fingerprint density at radius 2 is 1.45 bits per heavy atom. The van der Waals surface area contributed by atoms with Crippen LogP contribution in [0.3, 0.4) is 0 Å². The van der Waals surface area contributed by atoms with Crippen LogP contribution < -0.4 is 9.88 Å². The fourth-order valence-electron chi connectivity index (χ4n) is 4.45. The molecule has 4 aromatic rings. The second kappa shape index (κ2) is 16.1. The van der Waals surface area contributed by atoms with E-state index in [0.717, 1.165) is 45.9 Å². The van der Waals surface area contributed by atoms with E-state index in [4.69, 9.17) is 17.7 Å². The molecule has 14 heteroatoms. The lowest BCUT2D eigenvalue weighted by Crippen LogP contribution is -2.33. The van der Waals surface area contributed by atoms with E-state index in [1.54, 1.807) is 42.5 Å². The standard InChI is InChI=1S/C28H27NO4S.H3NO3S.3H2O/c30-21-8-4-20(5-9-21)28-26(24-13-10-22(31)18-25(24)34-28)27(32)19-6-11-23(12-7-19)33-17-16-29-14-2-1-3-15-29;1-5(2,3)4;;;/h4-13,18,30-31H,1-3,14-17H2;(H3,1,2,3,4);3*1H2. The van der Waals surface area contributed by atoms with Gasteiger partial charge in [0.05, 0.1) is 0 Å². The molecule has 0 bridgehead atoms. The Morgan fingerprint density at radius 3 is 2.05 bits per heavy atom. The van der Waals surface area contributed by atoms with Gasteiger partial charge >= 0.3 is 10.3 Å². The third-order valence-electron chi connectivity index (χ3n) is 6.27. The molecule has 11 N–H and O–H groups in total. The van der Waals surface area contributed by atoms with Crippen molar-refractivity contribution in [2.24, 2.45) is 5.14 Å². The molecule has 3 aromatic carbocycles. The number of carbonyl (C=O) groups excluding carboxylic acids is 1. The molecule has 1 aliphatic rings. The van der Waals surface area contributed by atoms with Gasteiger partial charge in [0.2, 0.25) is 0 Å². The molecule has 2 heterocycles. The fraction of sp³-hybridized carbons (Fsp3) is 0.250. The van der Waals surface area contributed by atoms with Crippen molar-refractivity contribution in [3.63, 3.8) is 0 Å². The molecule has 12 nitrogen and oxygen atoms in total. The number of ether oxygens (including phenoxy) is 1. The molecule has 0 atom stereocenters. The number of thiophene rings is 1. The topological polar surface area (TPSA) is 245 Å². The molecule has 1 aromatic heterocycles. The smallest absolute Gasteiger partial charge is 0.330 e. The molecule has 0 amide bonds. The zero-order valence-corrected chi connectivity index (χ0v) is 24.2. The van der Waals surface area contributed by atoms with Crippen LogP contribution in [-0.2, 0) is 10.3 Å². The maximum absolute atomic E-state index is 13.6. The van der Waals surface area contributed by atoms with Gasteiger partial charge in [0.25, 0.3) is 0 Å². The number of ketones is 1. The minimum Gasteiger partial charge on any atom is -0.508 e. The first-order chi connectivity index (χ1) is 18.6. The molecule has 0 aliphatic carbocycles. The average molecular weight is 625 g/mol. The van der Waals surface area contributed by atoms with Crippen molar-refractivity contribution in [3.05, 3.63) is 77.9 Å². The summed E-state index contributed by atoms with van der Waals surface area (Å²) in [6, 6.07) is 19.2. The lowest BCUT2D eigenvalue weighted by molar-refractivity contribution is 0.104. The minimum atomic E-state index is -4.17. The maximum Gasteiger partial charge on any atom is 0.330 e. The van der Waals surface area contributed by atoms with Gasteiger partial charge in [-0.3, -0.25) is 14.2 Å². The number of nitrogens with zero attached hydrogens (tertiary/aromatic N) is 1. The molecule has 230 valence electrons. The molecule has 1 aliphatic heterocycles. The zero-order chi connectivity index (χ0) is 28.0. The molecule has 0 spiro atoms. The molecule has 42 heavy (non-hydrogen) atoms. The molecule has 1 fully saturated rings. The number of phenolic OH excluding ortho intramolecular Hbond substituents is 2. The Balaban J connectivity index is 0.00000102. The van der Waals surface area contributed by atoms with E-state index in [1.165, 1.54) is 30.6 Å². The van der Waals surface area contributed by atoms with Gasteiger partial charge in [-0.2, -0.15) is 8.42 Å². The van der Waals surface area contributed by atoms with Crippen LogP contribution in [0.1, 0.15) is 35.2 Å². The fourth-order valence-corrected chi connectivity index (χ4v) is 5.69. The number of nitrogens with two attached hydrogens (primary N) is 1. The highest BCUT2D eigenvalue weighted by molar-refractivity contribution is 7.83. The highest BCUT2D eigenvalue weighted by Gasteiger charge is 2.22. The Bertz CT molecular complexity index is 1530. The van der Waals surface area contributed by atoms with Crippen molar-refractivity contribution in [2.75, 3.05) is 26.2 Å². The summed E-state index contributed by atoms with van der Waals surface area (Å²) in [5.41, 5.74) is 2.03. The van der Waals surface area contributed by atoms with Crippen molar-refractivity contribution >= 4 is 37.5 Å². The Morgan fingerprint density at radius 1 is 0.881 bits per heavy atom. The van der Waals surface area contributed by atoms with Gasteiger partial charge in [-0.25, -0.2) is 5.14 Å². The largest absolute Gasteiger partial charge is 0.508 e. The van der Waals surface area contributed by atoms with E-state index in [2.05, 4.69) is 10.0 Å². The lowest BCUT2D eigenvalue weighted by Gasteiger charge is -2.26. The lowest BCUT2D eigenvalue weighted by atomic mass is 9.97. The van der Waals surface area contributed by atoms with Crippen molar-refractivity contribution in [1.29, 1.82) is 0 Å². The van der Waals surface area contributed by atoms with Crippen LogP contribution >= 0.6 is 11.3 Å². The molecule has 0 saturated carbocycles. The van der Waals surface area contributed by atoms with Gasteiger partial charge in [-0.15, -0.1) is 11.3 Å². The summed E-state index contributed by atoms with van der Waals surface area (Å²) in [6.07, 6.45) is 3.85. The summed E-state index contributed by atoms with van der Waals surface area (Å²) >= 11 is 1.46. The van der Waals surface area contributed by atoms with E-state index in [9.17, 15) is 15.0 Å². The number of rotatable bonds is 7. The molecular weight excluding hydrogens is 588 g/mol. The van der Waals surface area contributed by atoms with Gasteiger partial charge in [0.1, 0.15) is 23.9 Å². The van der Waals surface area contributed by atoms with Crippen LogP contribution in [0.2, 0.25) is 0 Å². The second-order valence-corrected chi connectivity index (χ2v) is 11.2. The summed E-state index contributed by atoms with van der Waals surface area (Å²) in [5, 5.41) is 24.3. The van der Waals surface area contributed by atoms with Crippen LogP contribution in [-0.4, -0.2) is 76.5 Å². The third kappa shape index (κ3) is 10.0. The van der Waals surface area contributed by atoms with Crippen molar-refractivity contribution in [2.45, 2.75) is 19.3 Å². The van der Waals surface area contributed by atoms with Crippen LogP contribution in [0, 0.1) is 0 Å². The summed E-state index contributed by atoms with van der Waals surface area (Å²) in [6.45, 7) is 3.85. The van der Waals surface area contributed by atoms with E-state index in [1.807, 2.05) is 24.3 Å². The van der Waals surface area contributed by atoms with Crippen molar-refractivity contribution in [3.8, 4) is 27.7 Å². The first-order valence-electron chi connectivity index (χ1n) is 12.4. The Kier molecular flexibility index (Phi) is 14.0. The summed E-state index contributed by atoms with van der Waals surface area (Å²) < 4.78 is 32.0. The van der Waals surface area contributed by atoms with E-state index in [0.29, 0.717) is 17.7 Å².